The van der Waals surface area contributed by atoms with Gasteiger partial charge in [0.15, 0.2) is 0 Å². The molecule has 1 amide bonds. The van der Waals surface area contributed by atoms with Crippen LogP contribution in [-0.4, -0.2) is 19.2 Å². The Hall–Kier alpha value is -2.18. The van der Waals surface area contributed by atoms with Crippen LogP contribution in [-0.2, 0) is 4.79 Å². The van der Waals surface area contributed by atoms with Crippen molar-refractivity contribution in [1.29, 1.82) is 0 Å². The first-order chi connectivity index (χ1) is 11.1. The van der Waals surface area contributed by atoms with Gasteiger partial charge in [-0.1, -0.05) is 24.8 Å². The number of hydrogen-bond donors (Lipinski definition) is 2. The van der Waals surface area contributed by atoms with E-state index in [1.165, 1.54) is 6.08 Å². The van der Waals surface area contributed by atoms with Crippen LogP contribution in [0.1, 0.15) is 16.0 Å². The van der Waals surface area contributed by atoms with Gasteiger partial charge in [-0.25, -0.2) is 0 Å². The summed E-state index contributed by atoms with van der Waals surface area (Å²) >= 11 is 5.00. The average Bonchev–Trinajstić information content (AvgIpc) is 2.98. The molecule has 1 aromatic heterocycles. The highest BCUT2D eigenvalue weighted by atomic mass is 79.9. The van der Waals surface area contributed by atoms with E-state index in [1.807, 2.05) is 35.7 Å². The van der Waals surface area contributed by atoms with E-state index < -0.39 is 0 Å². The van der Waals surface area contributed by atoms with Crippen LogP contribution >= 0.6 is 27.3 Å². The number of likely N-dealkylation sites (N-methyl/N-ethyl adjacent to an activating group) is 1. The van der Waals surface area contributed by atoms with Gasteiger partial charge in [0.1, 0.15) is 0 Å². The van der Waals surface area contributed by atoms with E-state index in [1.54, 1.807) is 30.7 Å². The van der Waals surface area contributed by atoms with Gasteiger partial charge < -0.3 is 5.32 Å². The molecule has 2 aromatic rings. The highest BCUT2D eigenvalue weighted by Crippen LogP contribution is 2.18. The zero-order valence-electron chi connectivity index (χ0n) is 12.5. The van der Waals surface area contributed by atoms with E-state index in [2.05, 4.69) is 38.4 Å². The average molecular weight is 390 g/mol. The SMILES string of the molecule is C=C(N/N=C/c1cc(Br)cs1)c1cccc(/C=C/C(=O)NC)c1. The molecule has 0 aliphatic carbocycles. The number of halogens is 1. The van der Waals surface area contributed by atoms with Gasteiger partial charge in [0.05, 0.1) is 11.9 Å². The lowest BCUT2D eigenvalue weighted by Gasteiger charge is -2.05. The molecular weight excluding hydrogens is 374 g/mol. The molecule has 6 heteroatoms. The Balaban J connectivity index is 2.00. The molecule has 0 unspecified atom stereocenters. The first-order valence-corrected chi connectivity index (χ1v) is 8.48. The van der Waals surface area contributed by atoms with E-state index in [-0.39, 0.29) is 5.91 Å². The molecule has 0 saturated heterocycles. The third kappa shape index (κ3) is 5.50. The fourth-order valence-corrected chi connectivity index (χ4v) is 3.02. The lowest BCUT2D eigenvalue weighted by molar-refractivity contribution is -0.115. The molecule has 1 aromatic carbocycles. The van der Waals surface area contributed by atoms with Gasteiger partial charge in [-0.15, -0.1) is 11.3 Å². The van der Waals surface area contributed by atoms with Crippen molar-refractivity contribution in [3.8, 4) is 0 Å². The lowest BCUT2D eigenvalue weighted by atomic mass is 10.1. The first-order valence-electron chi connectivity index (χ1n) is 6.81. The molecule has 4 nitrogen and oxygen atoms in total. The molecule has 2 rings (SSSR count). The predicted octanol–water partition coefficient (Wildman–Crippen LogP) is 3.86. The molecule has 0 spiro atoms. The van der Waals surface area contributed by atoms with Crippen LogP contribution in [0.25, 0.3) is 11.8 Å². The second kappa shape index (κ2) is 8.45. The number of nitrogens with one attached hydrogen (secondary N) is 2. The van der Waals surface area contributed by atoms with Crippen LogP contribution in [0.15, 0.2) is 57.9 Å². The van der Waals surface area contributed by atoms with Gasteiger partial charge in [0.25, 0.3) is 0 Å². The van der Waals surface area contributed by atoms with Gasteiger partial charge in [-0.2, -0.15) is 5.10 Å². The number of thiophene rings is 1. The summed E-state index contributed by atoms with van der Waals surface area (Å²) in [6.07, 6.45) is 4.99. The van der Waals surface area contributed by atoms with Crippen LogP contribution < -0.4 is 10.7 Å². The summed E-state index contributed by atoms with van der Waals surface area (Å²) in [6.45, 7) is 3.98. The molecule has 0 bridgehead atoms. The highest BCUT2D eigenvalue weighted by molar-refractivity contribution is 9.10. The van der Waals surface area contributed by atoms with Crippen molar-refractivity contribution in [2.45, 2.75) is 0 Å². The largest absolute Gasteiger partial charge is 0.356 e. The van der Waals surface area contributed by atoms with Crippen LogP contribution in [0.3, 0.4) is 0 Å². The van der Waals surface area contributed by atoms with Gasteiger partial charge in [0.2, 0.25) is 5.91 Å². The van der Waals surface area contributed by atoms with Crippen molar-refractivity contribution in [2.75, 3.05) is 7.05 Å². The van der Waals surface area contributed by atoms with Crippen molar-refractivity contribution in [1.82, 2.24) is 10.7 Å². The third-order valence-electron chi connectivity index (χ3n) is 2.89. The minimum absolute atomic E-state index is 0.140. The molecule has 23 heavy (non-hydrogen) atoms. The van der Waals surface area contributed by atoms with Crippen LogP contribution in [0.5, 0.6) is 0 Å². The minimum atomic E-state index is -0.140. The van der Waals surface area contributed by atoms with E-state index in [9.17, 15) is 4.79 Å². The molecule has 0 atom stereocenters. The Labute approximate surface area is 147 Å². The Bertz CT molecular complexity index is 765. The number of hydrogen-bond acceptors (Lipinski definition) is 4. The van der Waals surface area contributed by atoms with Gasteiger partial charge in [-0.3, -0.25) is 10.2 Å². The maximum Gasteiger partial charge on any atom is 0.243 e. The maximum absolute atomic E-state index is 11.2. The first kappa shape index (κ1) is 17.2. The van der Waals surface area contributed by atoms with Crippen LogP contribution in [0.4, 0.5) is 0 Å². The number of amides is 1. The molecule has 0 radical (unpaired) electrons. The fraction of sp³-hybridized carbons (Fsp3) is 0.0588. The van der Waals surface area contributed by atoms with Crippen molar-refractivity contribution in [3.63, 3.8) is 0 Å². The van der Waals surface area contributed by atoms with E-state index in [0.29, 0.717) is 5.70 Å². The highest BCUT2D eigenvalue weighted by Gasteiger charge is 1.99. The number of carbonyl (C=O) groups excluding carboxylic acids is 1. The number of benzene rings is 1. The zero-order chi connectivity index (χ0) is 16.7. The monoisotopic (exact) mass is 389 g/mol. The Morgan fingerprint density at radius 2 is 2.22 bits per heavy atom. The van der Waals surface area contributed by atoms with E-state index >= 15 is 0 Å². The number of hydrazone groups is 1. The second-order valence-electron chi connectivity index (χ2n) is 4.59. The summed E-state index contributed by atoms with van der Waals surface area (Å²) in [5.74, 6) is -0.140. The smallest absolute Gasteiger partial charge is 0.243 e. The topological polar surface area (TPSA) is 53.5 Å². The number of rotatable bonds is 6. The van der Waals surface area contributed by atoms with Crippen molar-refractivity contribution in [3.05, 3.63) is 68.8 Å². The van der Waals surface area contributed by atoms with Crippen LogP contribution in [0, 0.1) is 0 Å². The standard InChI is InChI=1S/C17H16BrN3OS/c1-12(21-20-10-16-9-15(18)11-23-16)14-5-3-4-13(8-14)6-7-17(22)19-2/h3-11,21H,1H2,2H3,(H,19,22)/b7-6+,20-10+. The van der Waals surface area contributed by atoms with Crippen molar-refractivity contribution in [2.24, 2.45) is 5.10 Å². The van der Waals surface area contributed by atoms with E-state index in [0.717, 1.165) is 20.5 Å². The Morgan fingerprint density at radius 3 is 2.91 bits per heavy atom. The third-order valence-corrected chi connectivity index (χ3v) is 4.52. The minimum Gasteiger partial charge on any atom is -0.356 e. The summed E-state index contributed by atoms with van der Waals surface area (Å²) in [6, 6.07) is 9.69. The molecular formula is C17H16BrN3OS. The van der Waals surface area contributed by atoms with Crippen molar-refractivity contribution < 1.29 is 4.79 Å². The molecule has 2 N–H and O–H groups in total. The summed E-state index contributed by atoms with van der Waals surface area (Å²) in [5.41, 5.74) is 5.44. The predicted molar refractivity (Wildman–Crippen MR) is 101 cm³/mol. The second-order valence-corrected chi connectivity index (χ2v) is 6.45. The van der Waals surface area contributed by atoms with Gasteiger partial charge >= 0.3 is 0 Å². The van der Waals surface area contributed by atoms with Crippen LogP contribution in [0.2, 0.25) is 0 Å². The Morgan fingerprint density at radius 1 is 1.39 bits per heavy atom. The fourth-order valence-electron chi connectivity index (χ4n) is 1.72. The molecule has 0 aliphatic heterocycles. The zero-order valence-corrected chi connectivity index (χ0v) is 14.9. The van der Waals surface area contributed by atoms with Gasteiger partial charge in [-0.05, 0) is 45.3 Å². The summed E-state index contributed by atoms with van der Waals surface area (Å²) in [7, 11) is 1.60. The summed E-state index contributed by atoms with van der Waals surface area (Å²) in [4.78, 5) is 12.3. The normalized spacial score (nSPS) is 11.0. The quantitative estimate of drug-likeness (QED) is 0.447. The number of carbonyl (C=O) groups is 1. The summed E-state index contributed by atoms with van der Waals surface area (Å²) < 4.78 is 1.04. The molecule has 0 aliphatic rings. The summed E-state index contributed by atoms with van der Waals surface area (Å²) in [5, 5.41) is 8.72. The molecule has 0 saturated carbocycles. The molecule has 118 valence electrons. The molecule has 0 fully saturated rings. The number of nitrogens with zero attached hydrogens (tertiary/aromatic N) is 1. The maximum atomic E-state index is 11.2. The van der Waals surface area contributed by atoms with Gasteiger partial charge in [0, 0.05) is 27.9 Å². The van der Waals surface area contributed by atoms with E-state index in [4.69, 9.17) is 0 Å². The Kier molecular flexibility index (Phi) is 6.31. The van der Waals surface area contributed by atoms with Crippen molar-refractivity contribution >= 4 is 51.2 Å². The molecule has 1 heterocycles. The lowest BCUT2D eigenvalue weighted by Crippen LogP contribution is -2.13.